The van der Waals surface area contributed by atoms with E-state index in [0.29, 0.717) is 24.2 Å². The van der Waals surface area contributed by atoms with Crippen LogP contribution in [0, 0.1) is 0 Å². The van der Waals surface area contributed by atoms with E-state index in [1.165, 1.54) is 44.2 Å². The molecule has 0 bridgehead atoms. The van der Waals surface area contributed by atoms with Gasteiger partial charge in [0.15, 0.2) is 6.10 Å². The van der Waals surface area contributed by atoms with Crippen LogP contribution in [0.4, 0.5) is 13.2 Å². The van der Waals surface area contributed by atoms with E-state index in [0.717, 1.165) is 49.3 Å². The van der Waals surface area contributed by atoms with Crippen molar-refractivity contribution < 1.29 is 42.1 Å². The van der Waals surface area contributed by atoms with Gasteiger partial charge in [-0.25, -0.2) is 9.59 Å². The van der Waals surface area contributed by atoms with Crippen LogP contribution in [-0.4, -0.2) is 35.3 Å². The molecule has 0 heterocycles. The van der Waals surface area contributed by atoms with E-state index >= 15 is 0 Å². The molecule has 0 aliphatic heterocycles. The van der Waals surface area contributed by atoms with E-state index in [-0.39, 0.29) is 35.5 Å². The summed E-state index contributed by atoms with van der Waals surface area (Å²) in [5, 5.41) is 9.78. The number of carboxylic acid groups (broad SMARTS) is 1. The smallest absolute Gasteiger partial charge is 0.425 e. The third-order valence-electron chi connectivity index (χ3n) is 8.27. The van der Waals surface area contributed by atoms with Crippen LogP contribution in [0.25, 0.3) is 22.3 Å². The Hall–Kier alpha value is -4.14. The first-order valence-corrected chi connectivity index (χ1v) is 17.1. The minimum atomic E-state index is -4.71. The number of benzene rings is 3. The fourth-order valence-corrected chi connectivity index (χ4v) is 5.48. The highest BCUT2D eigenvalue weighted by Crippen LogP contribution is 2.32. The number of esters is 2. The predicted octanol–water partition coefficient (Wildman–Crippen LogP) is 11.2. The lowest BCUT2D eigenvalue weighted by atomic mass is 9.95. The van der Waals surface area contributed by atoms with E-state index in [1.54, 1.807) is 36.4 Å². The maximum absolute atomic E-state index is 13.6. The Kier molecular flexibility index (Phi) is 15.7. The summed E-state index contributed by atoms with van der Waals surface area (Å²) in [5.74, 6) is -2.23. The molecule has 1 unspecified atom stereocenters. The summed E-state index contributed by atoms with van der Waals surface area (Å²) in [5.41, 5.74) is 1.99. The van der Waals surface area contributed by atoms with Crippen LogP contribution in [-0.2, 0) is 9.53 Å². The Morgan fingerprint density at radius 1 is 0.688 bits per heavy atom. The maximum Gasteiger partial charge on any atom is 0.425 e. The molecule has 0 aromatic heterocycles. The minimum absolute atomic E-state index is 0.107. The molecule has 0 radical (unpaired) electrons. The lowest BCUT2D eigenvalue weighted by molar-refractivity contribution is -0.206. The number of hydrogen-bond donors (Lipinski definition) is 1. The molecule has 48 heavy (non-hydrogen) atoms. The highest BCUT2D eigenvalue weighted by Gasteiger charge is 2.42. The predicted molar refractivity (Wildman–Crippen MR) is 181 cm³/mol. The zero-order valence-corrected chi connectivity index (χ0v) is 28.0. The van der Waals surface area contributed by atoms with Crippen LogP contribution in [0.2, 0.25) is 0 Å². The first kappa shape index (κ1) is 38.3. The van der Waals surface area contributed by atoms with E-state index in [9.17, 15) is 32.7 Å². The molecule has 260 valence electrons. The number of alkyl halides is 3. The third-order valence-corrected chi connectivity index (χ3v) is 8.27. The Bertz CT molecular complexity index is 1450. The molecule has 0 spiro atoms. The summed E-state index contributed by atoms with van der Waals surface area (Å²) in [7, 11) is 0. The fourth-order valence-electron chi connectivity index (χ4n) is 5.48. The Balaban J connectivity index is 1.64. The molecular formula is C39H47F3O6. The summed E-state index contributed by atoms with van der Waals surface area (Å²) in [6.45, 7) is 4.15. The molecule has 1 N–H and O–H groups in total. The molecule has 0 fully saturated rings. The van der Waals surface area contributed by atoms with Gasteiger partial charge < -0.3 is 14.6 Å². The highest BCUT2D eigenvalue weighted by molar-refractivity contribution is 5.99. The van der Waals surface area contributed by atoms with E-state index in [1.807, 2.05) is 19.1 Å². The van der Waals surface area contributed by atoms with Crippen LogP contribution < -0.4 is 4.74 Å². The normalized spacial score (nSPS) is 12.0. The molecule has 6 nitrogen and oxygen atoms in total. The third kappa shape index (κ3) is 12.5. The van der Waals surface area contributed by atoms with Gasteiger partial charge in [-0.3, -0.25) is 4.79 Å². The van der Waals surface area contributed by atoms with Crippen LogP contribution in [0.1, 0.15) is 124 Å². The molecule has 0 saturated heterocycles. The van der Waals surface area contributed by atoms with Crippen molar-refractivity contribution in [1.29, 1.82) is 0 Å². The van der Waals surface area contributed by atoms with Crippen LogP contribution >= 0.6 is 0 Å². The average Bonchev–Trinajstić information content (AvgIpc) is 3.07. The number of halogens is 3. The number of unbranched alkanes of at least 4 members (excludes halogenated alkanes) is 10. The Labute approximate surface area is 281 Å². The van der Waals surface area contributed by atoms with Gasteiger partial charge in [0.05, 0.1) is 11.1 Å². The number of rotatable bonds is 20. The number of carboxylic acids is 1. The van der Waals surface area contributed by atoms with Crippen molar-refractivity contribution in [2.45, 2.75) is 116 Å². The summed E-state index contributed by atoms with van der Waals surface area (Å²) in [6.07, 6.45) is 4.76. The van der Waals surface area contributed by atoms with E-state index in [4.69, 9.17) is 9.47 Å². The van der Waals surface area contributed by atoms with Crippen molar-refractivity contribution in [3.05, 3.63) is 77.9 Å². The number of carbonyl (C=O) groups is 3. The fraction of sp³-hybridized carbons (Fsp3) is 0.462. The van der Waals surface area contributed by atoms with Crippen molar-refractivity contribution >= 4 is 17.9 Å². The molecule has 0 aliphatic carbocycles. The molecule has 3 rings (SSSR count). The molecule has 0 amide bonds. The average molecular weight is 669 g/mol. The largest absolute Gasteiger partial charge is 0.478 e. The van der Waals surface area contributed by atoms with Gasteiger partial charge in [-0.2, -0.15) is 13.2 Å². The lowest BCUT2D eigenvalue weighted by Crippen LogP contribution is -2.34. The molecule has 1 atom stereocenters. The summed E-state index contributed by atoms with van der Waals surface area (Å²) >= 11 is 0. The van der Waals surface area contributed by atoms with Gasteiger partial charge in [-0.15, -0.1) is 0 Å². The number of ether oxygens (including phenoxy) is 2. The summed E-state index contributed by atoms with van der Waals surface area (Å²) in [6, 6.07) is 17.6. The van der Waals surface area contributed by atoms with Crippen molar-refractivity contribution in [2.24, 2.45) is 0 Å². The quantitative estimate of drug-likeness (QED) is 0.0732. The van der Waals surface area contributed by atoms with Gasteiger partial charge in [-0.05, 0) is 71.8 Å². The molecule has 3 aromatic rings. The van der Waals surface area contributed by atoms with Crippen molar-refractivity contribution in [1.82, 2.24) is 0 Å². The molecule has 0 aliphatic rings. The number of carbonyl (C=O) groups excluding carboxylic acids is 2. The minimum Gasteiger partial charge on any atom is -0.478 e. The molecule has 3 aromatic carbocycles. The van der Waals surface area contributed by atoms with E-state index < -0.39 is 24.2 Å². The second-order valence-electron chi connectivity index (χ2n) is 12.2. The van der Waals surface area contributed by atoms with Crippen molar-refractivity contribution in [3.63, 3.8) is 0 Å². The monoisotopic (exact) mass is 668 g/mol. The Morgan fingerprint density at radius 2 is 1.21 bits per heavy atom. The molecular weight excluding hydrogens is 621 g/mol. The number of aromatic carboxylic acids is 1. The molecule has 9 heteroatoms. The highest BCUT2D eigenvalue weighted by atomic mass is 19.4. The van der Waals surface area contributed by atoms with Crippen molar-refractivity contribution in [3.8, 4) is 28.0 Å². The van der Waals surface area contributed by atoms with Crippen LogP contribution in [0.3, 0.4) is 0 Å². The van der Waals surface area contributed by atoms with Gasteiger partial charge in [-0.1, -0.05) is 114 Å². The van der Waals surface area contributed by atoms with Crippen molar-refractivity contribution in [2.75, 3.05) is 0 Å². The topological polar surface area (TPSA) is 89.9 Å². The SMILES string of the molecule is CCCCCCCCCCC(=O)Oc1ccc(-c2ccc(-c3cc(C(=O)OC(CCCCCC)C(F)(F)F)ccc3C(=O)O)cc2)cc1. The van der Waals surface area contributed by atoms with Gasteiger partial charge in [0, 0.05) is 6.42 Å². The second-order valence-corrected chi connectivity index (χ2v) is 12.2. The lowest BCUT2D eigenvalue weighted by Gasteiger charge is -2.21. The van der Waals surface area contributed by atoms with Crippen LogP contribution in [0.5, 0.6) is 5.75 Å². The summed E-state index contributed by atoms with van der Waals surface area (Å²) < 4.78 is 51.2. The van der Waals surface area contributed by atoms with Gasteiger partial charge in [0.25, 0.3) is 0 Å². The first-order valence-electron chi connectivity index (χ1n) is 17.1. The maximum atomic E-state index is 13.6. The Morgan fingerprint density at radius 3 is 1.77 bits per heavy atom. The standard InChI is InChI=1S/C39H47F3O6/c1-3-5-7-9-10-11-12-14-16-36(43)47-32-24-21-29(22-25-32)28-17-19-30(20-18-28)34-27-31(23-26-33(34)37(44)45)38(46)48-35(39(40,41)42)15-13-8-6-4-2/h17-27,35H,3-16H2,1-2H3,(H,44,45). The van der Waals surface area contributed by atoms with Crippen LogP contribution in [0.15, 0.2) is 66.7 Å². The van der Waals surface area contributed by atoms with E-state index in [2.05, 4.69) is 6.92 Å². The first-order chi connectivity index (χ1) is 23.0. The molecule has 0 saturated carbocycles. The van der Waals surface area contributed by atoms with Gasteiger partial charge >= 0.3 is 24.1 Å². The van der Waals surface area contributed by atoms with Gasteiger partial charge in [0.1, 0.15) is 5.75 Å². The number of hydrogen-bond acceptors (Lipinski definition) is 5. The summed E-state index contributed by atoms with van der Waals surface area (Å²) in [4.78, 5) is 37.1. The van der Waals surface area contributed by atoms with Gasteiger partial charge in [0.2, 0.25) is 0 Å². The zero-order chi connectivity index (χ0) is 34.9. The zero-order valence-electron chi connectivity index (χ0n) is 28.0. The second kappa shape index (κ2) is 19.6.